The Morgan fingerprint density at radius 3 is 2.25 bits per heavy atom. The lowest BCUT2D eigenvalue weighted by Gasteiger charge is -2.15. The monoisotopic (exact) mass is 438 g/mol. The summed E-state index contributed by atoms with van der Waals surface area (Å²) in [7, 11) is -4.38. The van der Waals surface area contributed by atoms with Gasteiger partial charge in [0, 0.05) is 22.5 Å². The Morgan fingerprint density at radius 2 is 1.68 bits per heavy atom. The molecule has 1 aromatic carbocycles. The molecule has 0 unspecified atom stereocenters. The lowest BCUT2D eigenvalue weighted by molar-refractivity contribution is -0.140. The van der Waals surface area contributed by atoms with E-state index in [-0.39, 0.29) is 22.4 Å². The summed E-state index contributed by atoms with van der Waals surface area (Å²) in [6, 6.07) is 1.77. The molecule has 0 amide bonds. The third-order valence-corrected chi connectivity index (χ3v) is 6.86. The molecule has 0 saturated carbocycles. The number of hydrogen-bond acceptors (Lipinski definition) is 3. The highest BCUT2D eigenvalue weighted by Gasteiger charge is 2.35. The van der Waals surface area contributed by atoms with Crippen LogP contribution in [0.1, 0.15) is 31.2 Å². The van der Waals surface area contributed by atoms with Gasteiger partial charge in [0.05, 0.1) is 11.3 Å². The summed E-state index contributed by atoms with van der Waals surface area (Å²) in [5, 5.41) is 0.357. The summed E-state index contributed by atoms with van der Waals surface area (Å²) in [5.41, 5.74) is -2.96. The fourth-order valence-corrected chi connectivity index (χ4v) is 4.91. The van der Waals surface area contributed by atoms with Crippen molar-refractivity contribution in [2.75, 3.05) is 4.72 Å². The van der Waals surface area contributed by atoms with E-state index in [1.165, 1.54) is 17.5 Å². The summed E-state index contributed by atoms with van der Waals surface area (Å²) >= 11 is 1.35. The first-order valence-electron chi connectivity index (χ1n) is 7.90. The van der Waals surface area contributed by atoms with Crippen LogP contribution < -0.4 is 4.72 Å². The average molecular weight is 438 g/mol. The summed E-state index contributed by atoms with van der Waals surface area (Å²) in [5.74, 6) is -3.32. The van der Waals surface area contributed by atoms with Crippen LogP contribution in [0.15, 0.2) is 29.3 Å². The van der Waals surface area contributed by atoms with E-state index in [9.17, 15) is 30.4 Å². The molecule has 0 aliphatic carbocycles. The SMILES string of the molecule is CC(C)(C)c1cc2c(S(=O)(=O)Nc3cc(F)c(C(F)(F)F)cc3F)c[nH]c2s1. The maximum atomic E-state index is 14.0. The Bertz CT molecular complexity index is 1150. The van der Waals surface area contributed by atoms with E-state index < -0.39 is 39.1 Å². The van der Waals surface area contributed by atoms with Gasteiger partial charge >= 0.3 is 6.18 Å². The standard InChI is InChI=1S/C17H15F5N2O2S2/c1-16(2,3)14-4-8-13(7-23-15(8)27-14)28(25,26)24-12-6-10(18)9(5-11(12)19)17(20,21)22/h4-7,23-24H,1-3H3. The van der Waals surface area contributed by atoms with Crippen LogP contribution in [0.4, 0.5) is 27.6 Å². The van der Waals surface area contributed by atoms with E-state index in [0.29, 0.717) is 10.2 Å². The van der Waals surface area contributed by atoms with E-state index in [2.05, 4.69) is 4.98 Å². The minimum atomic E-state index is -5.10. The second-order valence-electron chi connectivity index (χ2n) is 7.17. The second-order valence-corrected chi connectivity index (χ2v) is 9.87. The van der Waals surface area contributed by atoms with Gasteiger partial charge in [-0.1, -0.05) is 20.8 Å². The van der Waals surface area contributed by atoms with Crippen molar-refractivity contribution in [2.24, 2.45) is 0 Å². The second kappa shape index (κ2) is 6.45. The van der Waals surface area contributed by atoms with Crippen LogP contribution in [0.25, 0.3) is 10.2 Å². The summed E-state index contributed by atoms with van der Waals surface area (Å²) in [6.45, 7) is 5.85. The van der Waals surface area contributed by atoms with Crippen LogP contribution in [0.3, 0.4) is 0 Å². The number of sulfonamides is 1. The normalized spacial score (nSPS) is 13.3. The molecule has 0 atom stereocenters. The Balaban J connectivity index is 2.02. The number of nitrogens with one attached hydrogen (secondary N) is 2. The lowest BCUT2D eigenvalue weighted by atomic mass is 9.94. The summed E-state index contributed by atoms with van der Waals surface area (Å²) in [6.07, 6.45) is -3.91. The first kappa shape index (κ1) is 20.6. The van der Waals surface area contributed by atoms with E-state index in [4.69, 9.17) is 0 Å². The number of alkyl halides is 3. The van der Waals surface area contributed by atoms with E-state index in [1.54, 1.807) is 6.07 Å². The van der Waals surface area contributed by atoms with Crippen LogP contribution in [0.2, 0.25) is 0 Å². The van der Waals surface area contributed by atoms with E-state index in [1.807, 2.05) is 25.5 Å². The Morgan fingerprint density at radius 1 is 1.04 bits per heavy atom. The van der Waals surface area contributed by atoms with Crippen LogP contribution in [0.5, 0.6) is 0 Å². The zero-order chi connectivity index (χ0) is 21.1. The largest absolute Gasteiger partial charge is 0.419 e. The van der Waals surface area contributed by atoms with Crippen LogP contribution in [-0.4, -0.2) is 13.4 Å². The average Bonchev–Trinajstić information content (AvgIpc) is 3.08. The van der Waals surface area contributed by atoms with Crippen LogP contribution in [-0.2, 0) is 21.6 Å². The Labute approximate surface area is 161 Å². The minimum absolute atomic E-state index is 0.0812. The fraction of sp³-hybridized carbons (Fsp3) is 0.294. The topological polar surface area (TPSA) is 62.0 Å². The van der Waals surface area contributed by atoms with Crippen molar-refractivity contribution in [2.45, 2.75) is 37.3 Å². The number of thiophene rings is 1. The maximum Gasteiger partial charge on any atom is 0.419 e. The molecule has 0 aliphatic rings. The molecule has 28 heavy (non-hydrogen) atoms. The highest BCUT2D eigenvalue weighted by molar-refractivity contribution is 7.93. The summed E-state index contributed by atoms with van der Waals surface area (Å²) in [4.78, 5) is 4.07. The number of H-pyrrole nitrogens is 1. The van der Waals surface area contributed by atoms with Crippen LogP contribution >= 0.6 is 11.3 Å². The van der Waals surface area contributed by atoms with Gasteiger partial charge < -0.3 is 4.98 Å². The molecule has 0 spiro atoms. The number of aromatic amines is 1. The molecule has 0 saturated heterocycles. The predicted molar refractivity (Wildman–Crippen MR) is 97.0 cm³/mol. The van der Waals surface area contributed by atoms with E-state index >= 15 is 0 Å². The fourth-order valence-electron chi connectivity index (χ4n) is 2.52. The van der Waals surface area contributed by atoms with Gasteiger partial charge in [-0.15, -0.1) is 11.3 Å². The smallest absolute Gasteiger partial charge is 0.352 e. The molecule has 4 nitrogen and oxygen atoms in total. The summed E-state index contributed by atoms with van der Waals surface area (Å²) < 4.78 is 92.8. The number of benzene rings is 1. The zero-order valence-electron chi connectivity index (χ0n) is 14.8. The molecule has 11 heteroatoms. The maximum absolute atomic E-state index is 14.0. The van der Waals surface area contributed by atoms with Crippen molar-refractivity contribution in [1.82, 2.24) is 4.98 Å². The minimum Gasteiger partial charge on any atom is -0.352 e. The molecule has 2 heterocycles. The molecule has 152 valence electrons. The number of rotatable bonds is 3. The van der Waals surface area contributed by atoms with Crippen LogP contribution in [0, 0.1) is 11.6 Å². The van der Waals surface area contributed by atoms with Gasteiger partial charge in [-0.3, -0.25) is 4.72 Å². The number of halogens is 5. The predicted octanol–water partition coefficient (Wildman–Crippen LogP) is 5.62. The number of aromatic nitrogens is 1. The number of anilines is 1. The number of hydrogen-bond donors (Lipinski definition) is 2. The van der Waals surface area contributed by atoms with Gasteiger partial charge in [-0.2, -0.15) is 13.2 Å². The third kappa shape index (κ3) is 3.72. The molecule has 2 N–H and O–H groups in total. The number of fused-ring (bicyclic) bond motifs is 1. The third-order valence-electron chi connectivity index (χ3n) is 3.97. The molecule has 3 rings (SSSR count). The first-order chi connectivity index (χ1) is 12.7. The van der Waals surface area contributed by atoms with E-state index in [0.717, 1.165) is 4.88 Å². The molecule has 2 aromatic heterocycles. The molecule has 0 bridgehead atoms. The lowest BCUT2D eigenvalue weighted by Crippen LogP contribution is -2.16. The molecule has 0 fully saturated rings. The van der Waals surface area contributed by atoms with Gasteiger partial charge in [-0.05, 0) is 17.5 Å². The van der Waals surface area contributed by atoms with Gasteiger partial charge in [0.15, 0.2) is 0 Å². The molecule has 0 radical (unpaired) electrons. The van der Waals surface area contributed by atoms with Gasteiger partial charge in [-0.25, -0.2) is 17.2 Å². The molecule has 3 aromatic rings. The molecular formula is C17H15F5N2O2S2. The Kier molecular flexibility index (Phi) is 4.74. The van der Waals surface area contributed by atoms with Crippen molar-refractivity contribution in [3.8, 4) is 0 Å². The quantitative estimate of drug-likeness (QED) is 0.521. The van der Waals surface area contributed by atoms with Gasteiger partial charge in [0.25, 0.3) is 10.0 Å². The zero-order valence-corrected chi connectivity index (χ0v) is 16.5. The molecule has 0 aliphatic heterocycles. The van der Waals surface area contributed by atoms with Crippen molar-refractivity contribution < 1.29 is 30.4 Å². The Hall–Kier alpha value is -2.14. The highest BCUT2D eigenvalue weighted by Crippen LogP contribution is 2.38. The van der Waals surface area contributed by atoms with Crippen molar-refractivity contribution in [1.29, 1.82) is 0 Å². The van der Waals surface area contributed by atoms with Gasteiger partial charge in [0.2, 0.25) is 0 Å². The van der Waals surface area contributed by atoms with Gasteiger partial charge in [0.1, 0.15) is 21.4 Å². The highest BCUT2D eigenvalue weighted by atomic mass is 32.2. The van der Waals surface area contributed by atoms with Crippen molar-refractivity contribution >= 4 is 37.3 Å². The molecular weight excluding hydrogens is 423 g/mol. The first-order valence-corrected chi connectivity index (χ1v) is 10.2. The van der Waals surface area contributed by atoms with Crippen molar-refractivity contribution in [3.63, 3.8) is 0 Å². The van der Waals surface area contributed by atoms with Crippen molar-refractivity contribution in [3.05, 3.63) is 46.5 Å².